The Balaban J connectivity index is 1.40. The molecule has 0 aliphatic carbocycles. The Kier molecular flexibility index (Phi) is 5.36. The van der Waals surface area contributed by atoms with Crippen LogP contribution in [0.4, 0.5) is 0 Å². The highest BCUT2D eigenvalue weighted by Crippen LogP contribution is 2.27. The molecule has 0 spiro atoms. The predicted molar refractivity (Wildman–Crippen MR) is 101 cm³/mol. The van der Waals surface area contributed by atoms with E-state index in [0.29, 0.717) is 5.92 Å². The van der Waals surface area contributed by atoms with Crippen LogP contribution < -0.4 is 0 Å². The van der Waals surface area contributed by atoms with Crippen molar-refractivity contribution in [1.29, 1.82) is 0 Å². The molecule has 1 atom stereocenters. The monoisotopic (exact) mass is 357 g/mol. The number of hydrogen-bond donors (Lipinski definition) is 0. The topological polar surface area (TPSA) is 55.0 Å². The second-order valence-corrected chi connectivity index (χ2v) is 7.80. The lowest BCUT2D eigenvalue weighted by atomic mass is 9.97. The highest BCUT2D eigenvalue weighted by molar-refractivity contribution is 5.07. The molecule has 2 aliphatic rings. The van der Waals surface area contributed by atoms with Crippen LogP contribution in [0.25, 0.3) is 0 Å². The molecule has 142 valence electrons. The van der Waals surface area contributed by atoms with Gasteiger partial charge in [0.25, 0.3) is 0 Å². The van der Waals surface area contributed by atoms with Gasteiger partial charge in [0.05, 0.1) is 12.7 Å². The van der Waals surface area contributed by atoms with Crippen molar-refractivity contribution < 1.29 is 0 Å². The summed E-state index contributed by atoms with van der Waals surface area (Å²) in [4.78, 5) is 5.03. The molecule has 4 heterocycles. The zero-order chi connectivity index (χ0) is 17.9. The van der Waals surface area contributed by atoms with Crippen LogP contribution in [0.1, 0.15) is 55.7 Å². The van der Waals surface area contributed by atoms with Crippen molar-refractivity contribution in [2.75, 3.05) is 26.2 Å². The minimum atomic E-state index is 0.481. The average Bonchev–Trinajstić information content (AvgIpc) is 3.39. The standard InChI is InChI=1S/C19H31N7/c1-3-26-13-16(11-20-26)12-25-10-6-7-17(14-25)19-22-21-18(23(19)2)15-24-8-4-5-9-24/h11,13,17H,3-10,12,14-15H2,1-2H3/t17-/m0/s1. The van der Waals surface area contributed by atoms with Gasteiger partial charge in [-0.25, -0.2) is 0 Å². The number of likely N-dealkylation sites (tertiary alicyclic amines) is 2. The van der Waals surface area contributed by atoms with E-state index in [1.54, 1.807) is 0 Å². The highest BCUT2D eigenvalue weighted by Gasteiger charge is 2.26. The summed E-state index contributed by atoms with van der Waals surface area (Å²) in [6.07, 6.45) is 9.23. The first-order valence-electron chi connectivity index (χ1n) is 10.1. The predicted octanol–water partition coefficient (Wildman–Crippen LogP) is 2.01. The summed E-state index contributed by atoms with van der Waals surface area (Å²) in [5, 5.41) is 13.5. The molecule has 0 aromatic carbocycles. The Hall–Kier alpha value is -1.73. The van der Waals surface area contributed by atoms with Crippen LogP contribution in [0.2, 0.25) is 0 Å². The Labute approximate surface area is 156 Å². The molecule has 7 nitrogen and oxygen atoms in total. The fraction of sp³-hybridized carbons (Fsp3) is 0.737. The zero-order valence-corrected chi connectivity index (χ0v) is 16.1. The lowest BCUT2D eigenvalue weighted by molar-refractivity contribution is 0.194. The normalized spacial score (nSPS) is 22.3. The van der Waals surface area contributed by atoms with Crippen molar-refractivity contribution in [1.82, 2.24) is 34.3 Å². The summed E-state index contributed by atoms with van der Waals surface area (Å²) in [5.41, 5.74) is 1.31. The fourth-order valence-electron chi connectivity index (χ4n) is 4.34. The average molecular weight is 358 g/mol. The van der Waals surface area contributed by atoms with Gasteiger partial charge in [0.2, 0.25) is 0 Å². The minimum absolute atomic E-state index is 0.481. The molecule has 0 bridgehead atoms. The molecule has 0 unspecified atom stereocenters. The summed E-state index contributed by atoms with van der Waals surface area (Å²) in [7, 11) is 2.14. The van der Waals surface area contributed by atoms with E-state index in [9.17, 15) is 0 Å². The third kappa shape index (κ3) is 3.83. The number of aromatic nitrogens is 5. The first-order valence-corrected chi connectivity index (χ1v) is 10.1. The van der Waals surface area contributed by atoms with Gasteiger partial charge >= 0.3 is 0 Å². The number of aryl methyl sites for hydroxylation is 1. The van der Waals surface area contributed by atoms with Crippen LogP contribution in [0.3, 0.4) is 0 Å². The van der Waals surface area contributed by atoms with Crippen LogP contribution in [0, 0.1) is 0 Å². The SMILES string of the molecule is CCn1cc(CN2CCC[C@H](c3nnc(CN4CCCC4)n3C)C2)cn1. The smallest absolute Gasteiger partial charge is 0.146 e. The molecular weight excluding hydrogens is 326 g/mol. The molecule has 2 aromatic rings. The van der Waals surface area contributed by atoms with Gasteiger partial charge in [0.15, 0.2) is 0 Å². The Morgan fingerprint density at radius 3 is 2.62 bits per heavy atom. The van der Waals surface area contributed by atoms with Gasteiger partial charge in [-0.05, 0) is 52.2 Å². The summed E-state index contributed by atoms with van der Waals surface area (Å²) in [5.74, 6) is 2.76. The molecule has 4 rings (SSSR count). The van der Waals surface area contributed by atoms with Crippen LogP contribution in [-0.2, 0) is 26.7 Å². The third-order valence-electron chi connectivity index (χ3n) is 5.85. The van der Waals surface area contributed by atoms with E-state index in [1.165, 1.54) is 44.3 Å². The second kappa shape index (κ2) is 7.88. The van der Waals surface area contributed by atoms with Crippen molar-refractivity contribution >= 4 is 0 Å². The molecule has 2 aliphatic heterocycles. The van der Waals surface area contributed by atoms with Crippen LogP contribution in [-0.4, -0.2) is 60.5 Å². The number of nitrogens with zero attached hydrogens (tertiary/aromatic N) is 7. The van der Waals surface area contributed by atoms with E-state index in [2.05, 4.69) is 49.8 Å². The molecule has 2 fully saturated rings. The zero-order valence-electron chi connectivity index (χ0n) is 16.1. The van der Waals surface area contributed by atoms with E-state index in [1.807, 2.05) is 10.9 Å². The van der Waals surface area contributed by atoms with Crippen molar-refractivity contribution in [3.63, 3.8) is 0 Å². The maximum Gasteiger partial charge on any atom is 0.146 e. The van der Waals surface area contributed by atoms with Gasteiger partial charge < -0.3 is 4.57 Å². The van der Waals surface area contributed by atoms with E-state index in [-0.39, 0.29) is 0 Å². The first kappa shape index (κ1) is 17.7. The molecular formula is C19H31N7. The summed E-state index contributed by atoms with van der Waals surface area (Å²) < 4.78 is 4.26. The van der Waals surface area contributed by atoms with Gasteiger partial charge in [-0.1, -0.05) is 0 Å². The molecule has 0 amide bonds. The molecule has 7 heteroatoms. The fourth-order valence-corrected chi connectivity index (χ4v) is 4.34. The molecule has 2 aromatic heterocycles. The maximum absolute atomic E-state index is 4.58. The number of rotatable bonds is 6. The molecule has 0 N–H and O–H groups in total. The van der Waals surface area contributed by atoms with E-state index in [0.717, 1.165) is 44.4 Å². The van der Waals surface area contributed by atoms with Gasteiger partial charge in [-0.15, -0.1) is 10.2 Å². The number of piperidine rings is 1. The Morgan fingerprint density at radius 1 is 1.04 bits per heavy atom. The summed E-state index contributed by atoms with van der Waals surface area (Å²) in [6.45, 7) is 9.60. The van der Waals surface area contributed by atoms with Crippen molar-refractivity contribution in [3.8, 4) is 0 Å². The number of hydrogen-bond acceptors (Lipinski definition) is 5. The molecule has 0 saturated carbocycles. The lowest BCUT2D eigenvalue weighted by Gasteiger charge is -2.31. The Morgan fingerprint density at radius 2 is 1.85 bits per heavy atom. The first-order chi connectivity index (χ1) is 12.7. The van der Waals surface area contributed by atoms with Crippen molar-refractivity contribution in [2.24, 2.45) is 7.05 Å². The molecule has 0 radical (unpaired) electrons. The van der Waals surface area contributed by atoms with Gasteiger partial charge in [-0.2, -0.15) is 5.10 Å². The maximum atomic E-state index is 4.58. The molecule has 2 saturated heterocycles. The van der Waals surface area contributed by atoms with E-state index in [4.69, 9.17) is 0 Å². The highest BCUT2D eigenvalue weighted by atomic mass is 15.3. The summed E-state index contributed by atoms with van der Waals surface area (Å²) in [6, 6.07) is 0. The Bertz CT molecular complexity index is 713. The third-order valence-corrected chi connectivity index (χ3v) is 5.85. The van der Waals surface area contributed by atoms with Crippen molar-refractivity contribution in [2.45, 2.75) is 58.2 Å². The minimum Gasteiger partial charge on any atom is -0.317 e. The van der Waals surface area contributed by atoms with E-state index < -0.39 is 0 Å². The van der Waals surface area contributed by atoms with E-state index >= 15 is 0 Å². The molecule has 26 heavy (non-hydrogen) atoms. The van der Waals surface area contributed by atoms with Crippen LogP contribution in [0.5, 0.6) is 0 Å². The summed E-state index contributed by atoms with van der Waals surface area (Å²) >= 11 is 0. The second-order valence-electron chi connectivity index (χ2n) is 7.80. The van der Waals surface area contributed by atoms with Crippen LogP contribution >= 0.6 is 0 Å². The van der Waals surface area contributed by atoms with Crippen LogP contribution in [0.15, 0.2) is 12.4 Å². The quantitative estimate of drug-likeness (QED) is 0.792. The lowest BCUT2D eigenvalue weighted by Crippen LogP contribution is -2.34. The van der Waals surface area contributed by atoms with Gasteiger partial charge in [0.1, 0.15) is 11.6 Å². The largest absolute Gasteiger partial charge is 0.317 e. The van der Waals surface area contributed by atoms with Crippen molar-refractivity contribution in [3.05, 3.63) is 29.6 Å². The van der Waals surface area contributed by atoms with Gasteiger partial charge in [0, 0.05) is 44.4 Å². The van der Waals surface area contributed by atoms with Gasteiger partial charge in [-0.3, -0.25) is 14.5 Å².